The highest BCUT2D eigenvalue weighted by atomic mass is 16.5. The number of carbonyl (C=O) groups excluding carboxylic acids is 1. The van der Waals surface area contributed by atoms with E-state index in [0.717, 1.165) is 0 Å². The third kappa shape index (κ3) is 3.97. The van der Waals surface area contributed by atoms with E-state index < -0.39 is 0 Å². The molecule has 6 heteroatoms. The lowest BCUT2D eigenvalue weighted by atomic mass is 10.1. The Balaban J connectivity index is 1.70. The van der Waals surface area contributed by atoms with Gasteiger partial charge in [0.15, 0.2) is 5.82 Å². The summed E-state index contributed by atoms with van der Waals surface area (Å²) in [6, 6.07) is 9.89. The predicted molar refractivity (Wildman–Crippen MR) is 101 cm³/mol. The van der Waals surface area contributed by atoms with Gasteiger partial charge in [-0.15, -0.1) is 0 Å². The van der Waals surface area contributed by atoms with E-state index in [-0.39, 0.29) is 5.91 Å². The van der Waals surface area contributed by atoms with Crippen LogP contribution in [-0.2, 0) is 6.54 Å². The molecule has 0 atom stereocenters. The van der Waals surface area contributed by atoms with E-state index in [1.807, 2.05) is 10.6 Å². The van der Waals surface area contributed by atoms with Crippen LogP contribution in [0.5, 0.6) is 5.75 Å². The zero-order valence-electron chi connectivity index (χ0n) is 14.8. The van der Waals surface area contributed by atoms with Crippen LogP contribution in [0.4, 0.5) is 5.82 Å². The molecule has 1 N–H and O–H groups in total. The molecule has 26 heavy (non-hydrogen) atoms. The van der Waals surface area contributed by atoms with Crippen LogP contribution < -0.4 is 10.1 Å². The van der Waals surface area contributed by atoms with E-state index in [4.69, 9.17) is 4.74 Å². The molecule has 3 aromatic rings. The van der Waals surface area contributed by atoms with Crippen LogP contribution in [0.25, 0.3) is 6.08 Å². The second-order valence-corrected chi connectivity index (χ2v) is 5.89. The molecule has 1 aromatic carbocycles. The summed E-state index contributed by atoms with van der Waals surface area (Å²) in [6.45, 7) is 6.42. The Hall–Kier alpha value is -3.41. The maximum atomic E-state index is 12.4. The number of methoxy groups -OCH3 is 1. The summed E-state index contributed by atoms with van der Waals surface area (Å²) in [6.07, 6.45) is 6.55. The summed E-state index contributed by atoms with van der Waals surface area (Å²) in [5.41, 5.74) is 3.36. The summed E-state index contributed by atoms with van der Waals surface area (Å²) in [7, 11) is 1.53. The summed E-state index contributed by atoms with van der Waals surface area (Å²) in [5.74, 6) is 0.680. The monoisotopic (exact) mass is 348 g/mol. The van der Waals surface area contributed by atoms with Crippen molar-refractivity contribution < 1.29 is 9.53 Å². The average Bonchev–Trinajstić information content (AvgIpc) is 3.07. The van der Waals surface area contributed by atoms with Gasteiger partial charge in [0, 0.05) is 18.9 Å². The lowest BCUT2D eigenvalue weighted by Crippen LogP contribution is -2.13. The topological polar surface area (TPSA) is 69.0 Å². The van der Waals surface area contributed by atoms with Gasteiger partial charge < -0.3 is 14.6 Å². The maximum Gasteiger partial charge on any atom is 0.258 e. The Labute approximate surface area is 152 Å². The number of benzene rings is 1. The number of pyridine rings is 1. The van der Waals surface area contributed by atoms with E-state index in [2.05, 4.69) is 47.0 Å². The Morgan fingerprint density at radius 2 is 2.19 bits per heavy atom. The molecule has 0 spiro atoms. The standard InChI is InChI=1S/C20H20N4O2/c1-4-17-18(26-3)9-16(10-21-17)20(25)23-19-12-24(13-22-19)11-15-7-5-6-14(2)8-15/h4-10,12-13H,1,11H2,2-3H3,(H,23,25). The van der Waals surface area contributed by atoms with Crippen molar-refractivity contribution in [2.24, 2.45) is 0 Å². The molecule has 0 aliphatic heterocycles. The Kier molecular flexibility index (Phi) is 5.12. The van der Waals surface area contributed by atoms with Gasteiger partial charge in [-0.05, 0) is 24.6 Å². The van der Waals surface area contributed by atoms with Gasteiger partial charge in [0.05, 0.1) is 19.0 Å². The molecule has 0 saturated carbocycles. The van der Waals surface area contributed by atoms with Gasteiger partial charge in [-0.1, -0.05) is 36.4 Å². The SMILES string of the molecule is C=Cc1ncc(C(=O)Nc2cn(Cc3cccc(C)c3)cn2)cc1OC. The van der Waals surface area contributed by atoms with Gasteiger partial charge in [-0.2, -0.15) is 0 Å². The lowest BCUT2D eigenvalue weighted by Gasteiger charge is -2.07. The van der Waals surface area contributed by atoms with Crippen molar-refractivity contribution in [2.45, 2.75) is 13.5 Å². The number of amides is 1. The zero-order valence-corrected chi connectivity index (χ0v) is 14.8. The van der Waals surface area contributed by atoms with Crippen molar-refractivity contribution in [3.05, 3.63) is 78.0 Å². The molecule has 0 aliphatic carbocycles. The van der Waals surface area contributed by atoms with Crippen LogP contribution >= 0.6 is 0 Å². The molecule has 0 aliphatic rings. The number of hydrogen-bond acceptors (Lipinski definition) is 4. The number of nitrogens with one attached hydrogen (secondary N) is 1. The maximum absolute atomic E-state index is 12.4. The summed E-state index contributed by atoms with van der Waals surface area (Å²) in [4.78, 5) is 20.8. The van der Waals surface area contributed by atoms with Crippen LogP contribution in [0, 0.1) is 6.92 Å². The zero-order chi connectivity index (χ0) is 18.5. The van der Waals surface area contributed by atoms with Crippen LogP contribution in [-0.4, -0.2) is 27.6 Å². The normalized spacial score (nSPS) is 10.4. The third-order valence-electron chi connectivity index (χ3n) is 3.88. The van der Waals surface area contributed by atoms with Gasteiger partial charge in [0.2, 0.25) is 0 Å². The number of aryl methyl sites for hydroxylation is 1. The summed E-state index contributed by atoms with van der Waals surface area (Å²) < 4.78 is 7.14. The Morgan fingerprint density at radius 1 is 1.35 bits per heavy atom. The van der Waals surface area contributed by atoms with Crippen LogP contribution in [0.3, 0.4) is 0 Å². The number of carbonyl (C=O) groups is 1. The van der Waals surface area contributed by atoms with Crippen molar-refractivity contribution in [1.29, 1.82) is 0 Å². The number of anilines is 1. The Morgan fingerprint density at radius 3 is 2.92 bits per heavy atom. The molecule has 2 heterocycles. The van der Waals surface area contributed by atoms with Crippen molar-refractivity contribution in [3.8, 4) is 5.75 Å². The third-order valence-corrected chi connectivity index (χ3v) is 3.88. The minimum atomic E-state index is -0.299. The van der Waals surface area contributed by atoms with Gasteiger partial charge in [0.25, 0.3) is 5.91 Å². The van der Waals surface area contributed by atoms with Crippen LogP contribution in [0.15, 0.2) is 55.6 Å². The highest BCUT2D eigenvalue weighted by Gasteiger charge is 2.12. The number of ether oxygens (including phenoxy) is 1. The van der Waals surface area contributed by atoms with Gasteiger partial charge in [0.1, 0.15) is 11.4 Å². The average molecular weight is 348 g/mol. The van der Waals surface area contributed by atoms with Crippen LogP contribution in [0.1, 0.15) is 27.2 Å². The highest BCUT2D eigenvalue weighted by Crippen LogP contribution is 2.19. The lowest BCUT2D eigenvalue weighted by molar-refractivity contribution is 0.102. The first-order valence-corrected chi connectivity index (χ1v) is 8.14. The van der Waals surface area contributed by atoms with Gasteiger partial charge in [-0.25, -0.2) is 4.98 Å². The molecule has 1 amide bonds. The fraction of sp³-hybridized carbons (Fsp3) is 0.150. The van der Waals surface area contributed by atoms with Gasteiger partial charge >= 0.3 is 0 Å². The first kappa shape index (κ1) is 17.4. The number of aromatic nitrogens is 3. The minimum absolute atomic E-state index is 0.299. The predicted octanol–water partition coefficient (Wildman–Crippen LogP) is 3.54. The molecule has 0 fully saturated rings. The summed E-state index contributed by atoms with van der Waals surface area (Å²) in [5, 5.41) is 2.77. The largest absolute Gasteiger partial charge is 0.494 e. The molecular weight excluding hydrogens is 328 g/mol. The van der Waals surface area contributed by atoms with E-state index >= 15 is 0 Å². The molecule has 0 unspecified atom stereocenters. The van der Waals surface area contributed by atoms with Crippen molar-refractivity contribution >= 4 is 17.8 Å². The molecule has 2 aromatic heterocycles. The molecule has 0 bridgehead atoms. The number of nitrogens with zero attached hydrogens (tertiary/aromatic N) is 3. The summed E-state index contributed by atoms with van der Waals surface area (Å²) >= 11 is 0. The van der Waals surface area contributed by atoms with Crippen LogP contribution in [0.2, 0.25) is 0 Å². The fourth-order valence-electron chi connectivity index (χ4n) is 2.62. The highest BCUT2D eigenvalue weighted by molar-refractivity contribution is 6.03. The smallest absolute Gasteiger partial charge is 0.258 e. The van der Waals surface area contributed by atoms with E-state index in [1.54, 1.807) is 24.7 Å². The number of rotatable bonds is 6. The van der Waals surface area contributed by atoms with Crippen molar-refractivity contribution in [2.75, 3.05) is 12.4 Å². The fourth-order valence-corrected chi connectivity index (χ4v) is 2.62. The second-order valence-electron chi connectivity index (χ2n) is 5.89. The van der Waals surface area contributed by atoms with E-state index in [1.165, 1.54) is 24.4 Å². The molecule has 132 valence electrons. The second kappa shape index (κ2) is 7.65. The molecular formula is C20H20N4O2. The number of hydrogen-bond donors (Lipinski definition) is 1. The Bertz CT molecular complexity index is 946. The molecule has 3 rings (SSSR count). The van der Waals surface area contributed by atoms with Crippen molar-refractivity contribution in [3.63, 3.8) is 0 Å². The first-order chi connectivity index (χ1) is 12.6. The van der Waals surface area contributed by atoms with E-state index in [0.29, 0.717) is 29.4 Å². The first-order valence-electron chi connectivity index (χ1n) is 8.14. The van der Waals surface area contributed by atoms with E-state index in [9.17, 15) is 4.79 Å². The molecule has 0 radical (unpaired) electrons. The number of imidazole rings is 1. The minimum Gasteiger partial charge on any atom is -0.494 e. The van der Waals surface area contributed by atoms with Crippen molar-refractivity contribution in [1.82, 2.24) is 14.5 Å². The molecule has 6 nitrogen and oxygen atoms in total. The quantitative estimate of drug-likeness (QED) is 0.740. The van der Waals surface area contributed by atoms with Gasteiger partial charge in [-0.3, -0.25) is 9.78 Å². The molecule has 0 saturated heterocycles.